The van der Waals surface area contributed by atoms with E-state index in [4.69, 9.17) is 4.74 Å². The second kappa shape index (κ2) is 8.95. The third-order valence-electron chi connectivity index (χ3n) is 4.36. The number of hydrogen-bond donors (Lipinski definition) is 0. The lowest BCUT2D eigenvalue weighted by Gasteiger charge is -2.22. The van der Waals surface area contributed by atoms with Crippen LogP contribution in [0.4, 0.5) is 4.39 Å². The third-order valence-corrected chi connectivity index (χ3v) is 5.23. The lowest BCUT2D eigenvalue weighted by atomic mass is 10.1. The minimum Gasteiger partial charge on any atom is -0.469 e. The molecule has 29 heavy (non-hydrogen) atoms. The minimum atomic E-state index is -0.481. The van der Waals surface area contributed by atoms with Crippen molar-refractivity contribution in [1.29, 1.82) is 0 Å². The van der Waals surface area contributed by atoms with Gasteiger partial charge in [-0.1, -0.05) is 19.1 Å². The van der Waals surface area contributed by atoms with E-state index < -0.39 is 23.6 Å². The molecular weight excluding hydrogens is 395 g/mol. The standard InChI is InChI=1S/C20H21FN4O3S/c1-4-24(12-13(2)20(27)28-3)19(26)17-22-18(16-9-6-10-29-16)25(23-17)15-8-5-7-14(21)11-15/h5-11,13H,4,12H2,1-3H3. The first-order valence-corrected chi connectivity index (χ1v) is 9.96. The van der Waals surface area contributed by atoms with Crippen LogP contribution in [-0.2, 0) is 9.53 Å². The molecule has 0 bridgehead atoms. The highest BCUT2D eigenvalue weighted by molar-refractivity contribution is 7.13. The van der Waals surface area contributed by atoms with Gasteiger partial charge in [0.2, 0.25) is 5.82 Å². The number of esters is 1. The highest BCUT2D eigenvalue weighted by Crippen LogP contribution is 2.26. The van der Waals surface area contributed by atoms with Gasteiger partial charge in [-0.2, -0.15) is 0 Å². The molecule has 7 nitrogen and oxygen atoms in total. The van der Waals surface area contributed by atoms with Crippen molar-refractivity contribution in [2.45, 2.75) is 13.8 Å². The van der Waals surface area contributed by atoms with Gasteiger partial charge < -0.3 is 9.64 Å². The Hall–Kier alpha value is -3.07. The number of halogens is 1. The van der Waals surface area contributed by atoms with Crippen LogP contribution in [0.15, 0.2) is 41.8 Å². The summed E-state index contributed by atoms with van der Waals surface area (Å²) in [6, 6.07) is 9.65. The van der Waals surface area contributed by atoms with E-state index in [2.05, 4.69) is 10.1 Å². The minimum absolute atomic E-state index is 0.0171. The molecule has 0 saturated heterocycles. The van der Waals surface area contributed by atoms with E-state index in [-0.39, 0.29) is 12.4 Å². The average molecular weight is 416 g/mol. The Morgan fingerprint density at radius 3 is 2.72 bits per heavy atom. The summed E-state index contributed by atoms with van der Waals surface area (Å²) in [7, 11) is 1.31. The summed E-state index contributed by atoms with van der Waals surface area (Å²) < 4.78 is 19.9. The number of nitrogens with zero attached hydrogens (tertiary/aromatic N) is 4. The first-order chi connectivity index (χ1) is 13.9. The summed E-state index contributed by atoms with van der Waals surface area (Å²) in [6.07, 6.45) is 0. The fraction of sp³-hybridized carbons (Fsp3) is 0.300. The second-order valence-corrected chi connectivity index (χ2v) is 7.34. The molecule has 0 spiro atoms. The Kier molecular flexibility index (Phi) is 6.38. The van der Waals surface area contributed by atoms with E-state index in [1.54, 1.807) is 19.1 Å². The molecule has 3 rings (SSSR count). The van der Waals surface area contributed by atoms with Gasteiger partial charge in [-0.15, -0.1) is 16.4 Å². The van der Waals surface area contributed by atoms with Crippen molar-refractivity contribution >= 4 is 23.2 Å². The van der Waals surface area contributed by atoms with Crippen molar-refractivity contribution < 1.29 is 18.7 Å². The number of benzene rings is 1. The monoisotopic (exact) mass is 416 g/mol. The predicted octanol–water partition coefficient (Wildman–Crippen LogP) is 3.41. The van der Waals surface area contributed by atoms with Crippen molar-refractivity contribution in [3.63, 3.8) is 0 Å². The summed E-state index contributed by atoms with van der Waals surface area (Å²) in [5, 5.41) is 6.24. The van der Waals surface area contributed by atoms with Gasteiger partial charge in [0.15, 0.2) is 5.82 Å². The number of thiophene rings is 1. The van der Waals surface area contributed by atoms with E-state index in [0.29, 0.717) is 18.1 Å². The Balaban J connectivity index is 1.98. The molecule has 0 aliphatic heterocycles. The van der Waals surface area contributed by atoms with Gasteiger partial charge in [-0.3, -0.25) is 9.59 Å². The zero-order valence-electron chi connectivity index (χ0n) is 16.3. The fourth-order valence-corrected chi connectivity index (χ4v) is 3.56. The molecule has 2 heterocycles. The molecule has 2 aromatic heterocycles. The fourth-order valence-electron chi connectivity index (χ4n) is 2.86. The van der Waals surface area contributed by atoms with Crippen LogP contribution in [0.5, 0.6) is 0 Å². The lowest BCUT2D eigenvalue weighted by molar-refractivity contribution is -0.145. The number of hydrogen-bond acceptors (Lipinski definition) is 6. The molecule has 3 aromatic rings. The first kappa shape index (κ1) is 20.7. The maximum atomic E-state index is 13.7. The van der Waals surface area contributed by atoms with Gasteiger partial charge in [-0.05, 0) is 36.6 Å². The van der Waals surface area contributed by atoms with Crippen LogP contribution in [0.25, 0.3) is 16.4 Å². The van der Waals surface area contributed by atoms with Crippen LogP contribution >= 0.6 is 11.3 Å². The van der Waals surface area contributed by atoms with Crippen molar-refractivity contribution in [3.8, 4) is 16.4 Å². The zero-order chi connectivity index (χ0) is 21.0. The number of carbonyl (C=O) groups is 2. The molecule has 0 radical (unpaired) electrons. The SMILES string of the molecule is CCN(CC(C)C(=O)OC)C(=O)c1nc(-c2cccs2)n(-c2cccc(F)c2)n1. The van der Waals surface area contributed by atoms with Gasteiger partial charge in [0.25, 0.3) is 5.91 Å². The van der Waals surface area contributed by atoms with E-state index in [9.17, 15) is 14.0 Å². The summed E-state index contributed by atoms with van der Waals surface area (Å²) in [6.45, 7) is 4.07. The van der Waals surface area contributed by atoms with Gasteiger partial charge in [0, 0.05) is 13.1 Å². The van der Waals surface area contributed by atoms with Crippen LogP contribution < -0.4 is 0 Å². The molecule has 0 N–H and O–H groups in total. The summed E-state index contributed by atoms with van der Waals surface area (Å²) in [5.74, 6) is -1.26. The molecule has 9 heteroatoms. The average Bonchev–Trinajstić information content (AvgIpc) is 3.40. The van der Waals surface area contributed by atoms with E-state index >= 15 is 0 Å². The van der Waals surface area contributed by atoms with Gasteiger partial charge in [-0.25, -0.2) is 14.1 Å². The molecule has 1 amide bonds. The normalized spacial score (nSPS) is 11.9. The number of methoxy groups -OCH3 is 1. The van der Waals surface area contributed by atoms with Crippen molar-refractivity contribution in [3.05, 3.63) is 53.4 Å². The van der Waals surface area contributed by atoms with Gasteiger partial charge >= 0.3 is 5.97 Å². The number of carbonyl (C=O) groups excluding carboxylic acids is 2. The maximum Gasteiger partial charge on any atom is 0.310 e. The molecule has 0 fully saturated rings. The van der Waals surface area contributed by atoms with Crippen LogP contribution in [0, 0.1) is 11.7 Å². The Labute approximate surface area is 171 Å². The number of rotatable bonds is 7. The quantitative estimate of drug-likeness (QED) is 0.552. The molecule has 1 atom stereocenters. The summed E-state index contributed by atoms with van der Waals surface area (Å²) in [5.41, 5.74) is 0.464. The topological polar surface area (TPSA) is 77.3 Å². The van der Waals surface area contributed by atoms with E-state index in [1.165, 1.54) is 40.2 Å². The largest absolute Gasteiger partial charge is 0.469 e. The smallest absolute Gasteiger partial charge is 0.310 e. The summed E-state index contributed by atoms with van der Waals surface area (Å²) in [4.78, 5) is 31.5. The second-order valence-electron chi connectivity index (χ2n) is 6.40. The van der Waals surface area contributed by atoms with Crippen LogP contribution in [0.1, 0.15) is 24.5 Å². The van der Waals surface area contributed by atoms with Crippen molar-refractivity contribution in [2.24, 2.45) is 5.92 Å². The number of ether oxygens (including phenoxy) is 1. The van der Waals surface area contributed by atoms with E-state index in [1.807, 2.05) is 24.4 Å². The molecule has 0 aliphatic carbocycles. The molecule has 0 aliphatic rings. The Morgan fingerprint density at radius 2 is 2.10 bits per heavy atom. The molecule has 152 valence electrons. The van der Waals surface area contributed by atoms with Crippen LogP contribution in [0.3, 0.4) is 0 Å². The Morgan fingerprint density at radius 1 is 1.31 bits per heavy atom. The highest BCUT2D eigenvalue weighted by Gasteiger charge is 2.26. The molecular formula is C20H21FN4O3S. The van der Waals surface area contributed by atoms with Gasteiger partial charge in [0.05, 0.1) is 23.6 Å². The summed E-state index contributed by atoms with van der Waals surface area (Å²) >= 11 is 1.44. The predicted molar refractivity (Wildman–Crippen MR) is 107 cm³/mol. The maximum absolute atomic E-state index is 13.7. The number of amides is 1. The van der Waals surface area contributed by atoms with Crippen LogP contribution in [0.2, 0.25) is 0 Å². The molecule has 1 aromatic carbocycles. The van der Waals surface area contributed by atoms with Crippen LogP contribution in [-0.4, -0.2) is 51.7 Å². The van der Waals surface area contributed by atoms with E-state index in [0.717, 1.165) is 4.88 Å². The third kappa shape index (κ3) is 4.51. The molecule has 1 unspecified atom stereocenters. The Bertz CT molecular complexity index is 1000. The number of aromatic nitrogens is 3. The van der Waals surface area contributed by atoms with Gasteiger partial charge in [0.1, 0.15) is 5.82 Å². The highest BCUT2D eigenvalue weighted by atomic mass is 32.1. The first-order valence-electron chi connectivity index (χ1n) is 9.08. The molecule has 0 saturated carbocycles. The van der Waals surface area contributed by atoms with Crippen molar-refractivity contribution in [1.82, 2.24) is 19.7 Å². The lowest BCUT2D eigenvalue weighted by Crippen LogP contribution is -2.37. The van der Waals surface area contributed by atoms with Crippen molar-refractivity contribution in [2.75, 3.05) is 20.2 Å². The zero-order valence-corrected chi connectivity index (χ0v) is 17.1.